The normalized spacial score (nSPS) is 28.8. The van der Waals surface area contributed by atoms with E-state index in [0.717, 1.165) is 81.0 Å². The van der Waals surface area contributed by atoms with Gasteiger partial charge in [0.15, 0.2) is 11.6 Å². The summed E-state index contributed by atoms with van der Waals surface area (Å²) in [5.41, 5.74) is 0.555. The van der Waals surface area contributed by atoms with Crippen molar-refractivity contribution in [3.05, 3.63) is 41.5 Å². The second-order valence-electron chi connectivity index (χ2n) is 14.4. The molecule has 0 aliphatic heterocycles. The van der Waals surface area contributed by atoms with Gasteiger partial charge in [-0.25, -0.2) is 4.39 Å². The summed E-state index contributed by atoms with van der Waals surface area (Å²) in [6, 6.07) is 3.43. The smallest absolute Gasteiger partial charge is 0.200 e. The van der Waals surface area contributed by atoms with E-state index in [9.17, 15) is 8.78 Å². The highest BCUT2D eigenvalue weighted by Crippen LogP contribution is 2.43. The van der Waals surface area contributed by atoms with Crippen LogP contribution in [0.4, 0.5) is 8.78 Å². The first kappa shape index (κ1) is 33.5. The van der Waals surface area contributed by atoms with Crippen molar-refractivity contribution in [2.75, 3.05) is 6.61 Å². The quantitative estimate of drug-likeness (QED) is 0.139. The first-order chi connectivity index (χ1) is 20.6. The Morgan fingerprint density at radius 2 is 1.29 bits per heavy atom. The Kier molecular flexibility index (Phi) is 14.7. The third-order valence-corrected chi connectivity index (χ3v) is 11.4. The minimum absolute atomic E-state index is 0.0713. The summed E-state index contributed by atoms with van der Waals surface area (Å²) in [7, 11) is 0. The zero-order valence-corrected chi connectivity index (χ0v) is 27.2. The van der Waals surface area contributed by atoms with Crippen LogP contribution in [0.25, 0.3) is 0 Å². The molecule has 1 nitrogen and oxygen atoms in total. The average Bonchev–Trinajstić information content (AvgIpc) is 3.02. The Morgan fingerprint density at radius 3 is 1.98 bits per heavy atom. The van der Waals surface area contributed by atoms with Crippen LogP contribution in [0.1, 0.15) is 167 Å². The molecule has 0 bridgehead atoms. The molecule has 0 amide bonds. The van der Waals surface area contributed by atoms with E-state index in [1.54, 1.807) is 12.1 Å². The SMILES string of the molecule is CCCCCCOc1ccc(C2CCC(CC/C=C/C3CCC(C4CCC(CCCCC)CC4)CC3)CC2)c(F)c1F. The molecule has 3 heteroatoms. The largest absolute Gasteiger partial charge is 0.490 e. The molecule has 0 aromatic heterocycles. The fourth-order valence-corrected chi connectivity index (χ4v) is 8.51. The number of rotatable bonds is 16. The zero-order valence-electron chi connectivity index (χ0n) is 27.2. The summed E-state index contributed by atoms with van der Waals surface area (Å²) in [6.45, 7) is 4.93. The van der Waals surface area contributed by atoms with Gasteiger partial charge < -0.3 is 4.74 Å². The molecule has 4 rings (SSSR count). The van der Waals surface area contributed by atoms with Gasteiger partial charge in [-0.3, -0.25) is 0 Å². The summed E-state index contributed by atoms with van der Waals surface area (Å²) >= 11 is 0. The van der Waals surface area contributed by atoms with Crippen LogP contribution >= 0.6 is 0 Å². The molecule has 0 radical (unpaired) electrons. The van der Waals surface area contributed by atoms with Crippen LogP contribution in [0, 0.1) is 41.2 Å². The number of benzene rings is 1. The maximum Gasteiger partial charge on any atom is 0.200 e. The van der Waals surface area contributed by atoms with E-state index in [0.29, 0.717) is 12.2 Å². The van der Waals surface area contributed by atoms with E-state index in [-0.39, 0.29) is 11.7 Å². The van der Waals surface area contributed by atoms with E-state index >= 15 is 0 Å². The Bertz CT molecular complexity index is 901. The second-order valence-corrected chi connectivity index (χ2v) is 14.4. The van der Waals surface area contributed by atoms with Gasteiger partial charge in [0, 0.05) is 0 Å². The van der Waals surface area contributed by atoms with E-state index in [1.165, 1.54) is 89.9 Å². The minimum atomic E-state index is -0.797. The van der Waals surface area contributed by atoms with Gasteiger partial charge in [0.25, 0.3) is 0 Å². The molecule has 3 aliphatic carbocycles. The molecule has 3 fully saturated rings. The predicted octanol–water partition coefficient (Wildman–Crippen LogP) is 12.7. The summed E-state index contributed by atoms with van der Waals surface area (Å²) in [4.78, 5) is 0. The lowest BCUT2D eigenvalue weighted by Crippen LogP contribution is -2.25. The number of allylic oxidation sites excluding steroid dienone is 2. The van der Waals surface area contributed by atoms with Crippen LogP contribution < -0.4 is 4.74 Å². The molecule has 3 saturated carbocycles. The first-order valence-corrected chi connectivity index (χ1v) is 18.4. The molecule has 0 saturated heterocycles. The number of hydrogen-bond acceptors (Lipinski definition) is 1. The van der Waals surface area contributed by atoms with E-state index in [4.69, 9.17) is 4.74 Å². The highest BCUT2D eigenvalue weighted by atomic mass is 19.2. The maximum absolute atomic E-state index is 14.9. The van der Waals surface area contributed by atoms with Crippen molar-refractivity contribution in [1.29, 1.82) is 0 Å². The van der Waals surface area contributed by atoms with Gasteiger partial charge >= 0.3 is 0 Å². The second kappa shape index (κ2) is 18.4. The van der Waals surface area contributed by atoms with Crippen LogP contribution in [-0.2, 0) is 0 Å². The van der Waals surface area contributed by atoms with Crippen molar-refractivity contribution in [3.8, 4) is 5.75 Å². The molecule has 0 N–H and O–H groups in total. The summed E-state index contributed by atoms with van der Waals surface area (Å²) in [5, 5.41) is 0. The van der Waals surface area contributed by atoms with E-state index in [1.807, 2.05) is 0 Å². The van der Waals surface area contributed by atoms with Crippen LogP contribution in [0.15, 0.2) is 24.3 Å². The third kappa shape index (κ3) is 10.4. The highest BCUT2D eigenvalue weighted by molar-refractivity contribution is 5.33. The lowest BCUT2D eigenvalue weighted by molar-refractivity contribution is 0.151. The van der Waals surface area contributed by atoms with Gasteiger partial charge in [-0.1, -0.05) is 89.9 Å². The van der Waals surface area contributed by atoms with Gasteiger partial charge in [-0.2, -0.15) is 4.39 Å². The van der Waals surface area contributed by atoms with Gasteiger partial charge in [-0.15, -0.1) is 0 Å². The predicted molar refractivity (Wildman–Crippen MR) is 174 cm³/mol. The fraction of sp³-hybridized carbons (Fsp3) is 0.795. The fourth-order valence-electron chi connectivity index (χ4n) is 8.51. The standard InChI is InChI=1S/C39H62F2O/c1-3-5-7-11-29-42-37-28-27-36(38(40)39(37)41)35-25-19-32(20-26-35)14-10-9-13-31-17-23-34(24-18-31)33-21-15-30(16-22-33)12-8-6-4-2/h9,13,27-28,30-35H,3-8,10-12,14-26,29H2,1-2H3/b13-9+. The Morgan fingerprint density at radius 1 is 0.667 bits per heavy atom. The topological polar surface area (TPSA) is 9.23 Å². The Labute approximate surface area is 257 Å². The molecule has 238 valence electrons. The van der Waals surface area contributed by atoms with Crippen LogP contribution in [-0.4, -0.2) is 6.61 Å². The molecule has 1 aromatic carbocycles. The number of halogens is 2. The molecule has 0 unspecified atom stereocenters. The van der Waals surface area contributed by atoms with Gasteiger partial charge in [0.2, 0.25) is 5.82 Å². The van der Waals surface area contributed by atoms with Gasteiger partial charge in [0.05, 0.1) is 6.61 Å². The lowest BCUT2D eigenvalue weighted by Gasteiger charge is -2.37. The van der Waals surface area contributed by atoms with E-state index in [2.05, 4.69) is 26.0 Å². The molecule has 1 aromatic rings. The van der Waals surface area contributed by atoms with Crippen molar-refractivity contribution in [1.82, 2.24) is 0 Å². The van der Waals surface area contributed by atoms with Gasteiger partial charge in [0.1, 0.15) is 0 Å². The molecule has 42 heavy (non-hydrogen) atoms. The Hall–Kier alpha value is -1.38. The molecule has 0 atom stereocenters. The molecule has 3 aliphatic rings. The first-order valence-electron chi connectivity index (χ1n) is 18.4. The lowest BCUT2D eigenvalue weighted by atomic mass is 9.68. The van der Waals surface area contributed by atoms with Gasteiger partial charge in [-0.05, 0) is 131 Å². The van der Waals surface area contributed by atoms with Crippen molar-refractivity contribution >= 4 is 0 Å². The van der Waals surface area contributed by atoms with Crippen molar-refractivity contribution in [2.24, 2.45) is 29.6 Å². The van der Waals surface area contributed by atoms with E-state index < -0.39 is 11.6 Å². The van der Waals surface area contributed by atoms with Crippen LogP contribution in [0.3, 0.4) is 0 Å². The Balaban J connectivity index is 1.09. The summed E-state index contributed by atoms with van der Waals surface area (Å²) in [6.07, 6.45) is 33.3. The maximum atomic E-state index is 14.9. The molecule has 0 heterocycles. The highest BCUT2D eigenvalue weighted by Gasteiger charge is 2.30. The van der Waals surface area contributed by atoms with Crippen LogP contribution in [0.2, 0.25) is 0 Å². The minimum Gasteiger partial charge on any atom is -0.490 e. The molecular formula is C39H62F2O. The monoisotopic (exact) mass is 584 g/mol. The number of ether oxygens (including phenoxy) is 1. The summed E-state index contributed by atoms with van der Waals surface area (Å²) in [5.74, 6) is 3.29. The third-order valence-electron chi connectivity index (χ3n) is 11.4. The summed E-state index contributed by atoms with van der Waals surface area (Å²) < 4.78 is 35.2. The van der Waals surface area contributed by atoms with Crippen molar-refractivity contribution < 1.29 is 13.5 Å². The van der Waals surface area contributed by atoms with Crippen molar-refractivity contribution in [3.63, 3.8) is 0 Å². The molecular weight excluding hydrogens is 522 g/mol. The number of hydrogen-bond donors (Lipinski definition) is 0. The number of unbranched alkanes of at least 4 members (excludes halogenated alkanes) is 5. The van der Waals surface area contributed by atoms with Crippen LogP contribution in [0.5, 0.6) is 5.75 Å². The zero-order chi connectivity index (χ0) is 29.6. The molecule has 0 spiro atoms. The average molecular weight is 585 g/mol. The van der Waals surface area contributed by atoms with Crippen molar-refractivity contribution in [2.45, 2.75) is 161 Å².